The van der Waals surface area contributed by atoms with Gasteiger partial charge in [-0.05, 0) is 34.7 Å². The van der Waals surface area contributed by atoms with Crippen molar-refractivity contribution in [2.24, 2.45) is 12.2 Å². The minimum atomic E-state index is -1.45. The number of hydrogen-bond acceptors (Lipinski definition) is 8. The van der Waals surface area contributed by atoms with Gasteiger partial charge in [-0.15, -0.1) is 5.10 Å². The van der Waals surface area contributed by atoms with Crippen LogP contribution in [0, 0.1) is 0 Å². The number of tetrazole rings is 1. The van der Waals surface area contributed by atoms with Gasteiger partial charge in [-0.25, -0.2) is 14.5 Å². The largest absolute Gasteiger partial charge is 0.464 e. The fourth-order valence-electron chi connectivity index (χ4n) is 3.08. The molecule has 0 spiro atoms. The monoisotopic (exact) mass is 457 g/mol. The number of pyridine rings is 1. The minimum absolute atomic E-state index is 0.0489. The molecular formula is C23H19N7O4. The molecule has 0 radical (unpaired) electrons. The third kappa shape index (κ3) is 4.93. The zero-order valence-corrected chi connectivity index (χ0v) is 18.0. The molecule has 0 aliphatic heterocycles. The first-order chi connectivity index (χ1) is 16.5. The summed E-state index contributed by atoms with van der Waals surface area (Å²) in [5, 5.41) is 25.3. The van der Waals surface area contributed by atoms with E-state index in [4.69, 9.17) is 4.84 Å². The molecule has 2 aromatic heterocycles. The first kappa shape index (κ1) is 22.3. The second kappa shape index (κ2) is 10.1. The Labute approximate surface area is 193 Å². The zero-order chi connectivity index (χ0) is 23.9. The molecule has 0 bridgehead atoms. The van der Waals surface area contributed by atoms with Crippen LogP contribution in [0.3, 0.4) is 0 Å². The van der Waals surface area contributed by atoms with Crippen LogP contribution in [0.1, 0.15) is 27.4 Å². The van der Waals surface area contributed by atoms with Crippen molar-refractivity contribution in [3.8, 4) is 0 Å². The number of aryl methyl sites for hydroxylation is 1. The van der Waals surface area contributed by atoms with Gasteiger partial charge in [0.15, 0.2) is 12.3 Å². The molecule has 0 unspecified atom stereocenters. The van der Waals surface area contributed by atoms with Crippen molar-refractivity contribution in [3.63, 3.8) is 0 Å². The van der Waals surface area contributed by atoms with Crippen LogP contribution in [-0.4, -0.2) is 48.0 Å². The molecule has 2 aromatic carbocycles. The van der Waals surface area contributed by atoms with E-state index in [1.54, 1.807) is 37.4 Å². The van der Waals surface area contributed by atoms with E-state index in [0.717, 1.165) is 5.56 Å². The van der Waals surface area contributed by atoms with E-state index in [9.17, 15) is 14.7 Å². The van der Waals surface area contributed by atoms with Crippen molar-refractivity contribution in [1.29, 1.82) is 0 Å². The molecule has 0 saturated heterocycles. The Hall–Kier alpha value is -4.93. The van der Waals surface area contributed by atoms with Crippen molar-refractivity contribution in [1.82, 2.24) is 25.2 Å². The highest BCUT2D eigenvalue weighted by Gasteiger charge is 2.25. The Morgan fingerprint density at radius 2 is 1.65 bits per heavy atom. The van der Waals surface area contributed by atoms with E-state index in [-0.39, 0.29) is 18.0 Å². The molecule has 4 aromatic rings. The van der Waals surface area contributed by atoms with Crippen LogP contribution in [0.25, 0.3) is 0 Å². The average molecular weight is 457 g/mol. The number of amides is 2. The molecule has 0 aliphatic rings. The van der Waals surface area contributed by atoms with E-state index < -0.39 is 12.0 Å². The lowest BCUT2D eigenvalue weighted by atomic mass is 10.1. The van der Waals surface area contributed by atoms with E-state index in [0.29, 0.717) is 22.1 Å². The Balaban J connectivity index is 1.57. The minimum Gasteiger partial charge on any atom is -0.464 e. The summed E-state index contributed by atoms with van der Waals surface area (Å²) in [5.74, 6) is -0.358. The zero-order valence-electron chi connectivity index (χ0n) is 18.0. The maximum absolute atomic E-state index is 12.8. The molecule has 11 nitrogen and oxygen atoms in total. The van der Waals surface area contributed by atoms with Crippen molar-refractivity contribution >= 4 is 23.5 Å². The number of carbonyl (C=O) groups is 2. The molecular weight excluding hydrogens is 438 g/mol. The number of carboxylic acid groups (broad SMARTS) is 1. The van der Waals surface area contributed by atoms with Crippen LogP contribution in [-0.2, 0) is 18.5 Å². The third-order valence-electron chi connectivity index (χ3n) is 4.68. The predicted molar refractivity (Wildman–Crippen MR) is 121 cm³/mol. The molecule has 0 fully saturated rings. The fraction of sp³-hybridized carbons (Fsp3) is 0.0870. The Morgan fingerprint density at radius 3 is 2.26 bits per heavy atom. The molecule has 2 heterocycles. The van der Waals surface area contributed by atoms with E-state index >= 15 is 0 Å². The van der Waals surface area contributed by atoms with Gasteiger partial charge < -0.3 is 9.94 Å². The summed E-state index contributed by atoms with van der Waals surface area (Å²) in [5.41, 5.74) is 1.75. The lowest BCUT2D eigenvalue weighted by molar-refractivity contribution is 0.0982. The van der Waals surface area contributed by atoms with Gasteiger partial charge in [-0.3, -0.25) is 4.79 Å². The second-order valence-electron chi connectivity index (χ2n) is 6.98. The van der Waals surface area contributed by atoms with Gasteiger partial charge in [-0.1, -0.05) is 59.8 Å². The number of rotatable bonds is 7. The van der Waals surface area contributed by atoms with Crippen molar-refractivity contribution in [3.05, 3.63) is 102 Å². The Morgan fingerprint density at radius 1 is 0.971 bits per heavy atom. The lowest BCUT2D eigenvalue weighted by Crippen LogP contribution is -2.36. The lowest BCUT2D eigenvalue weighted by Gasteiger charge is -2.17. The number of aromatic nitrogens is 5. The SMILES string of the molecule is Cn1nnnc1/C(=N\OCc1cccc(N(C(=O)O)C(=O)c2ccccc2)n1)c1ccccc1. The van der Waals surface area contributed by atoms with E-state index in [2.05, 4.69) is 25.7 Å². The molecule has 0 saturated carbocycles. The van der Waals surface area contributed by atoms with Crippen LogP contribution in [0.2, 0.25) is 0 Å². The smallest absolute Gasteiger partial charge is 0.420 e. The maximum Gasteiger partial charge on any atom is 0.420 e. The Bertz CT molecular complexity index is 1320. The highest BCUT2D eigenvalue weighted by Crippen LogP contribution is 2.17. The van der Waals surface area contributed by atoms with E-state index in [1.807, 2.05) is 30.3 Å². The number of hydrogen-bond donors (Lipinski definition) is 1. The molecule has 11 heteroatoms. The maximum atomic E-state index is 12.8. The number of nitrogens with zero attached hydrogens (tertiary/aromatic N) is 7. The summed E-state index contributed by atoms with van der Waals surface area (Å²) in [6, 6.07) is 22.0. The predicted octanol–water partition coefficient (Wildman–Crippen LogP) is 2.90. The number of imide groups is 1. The average Bonchev–Trinajstić information content (AvgIpc) is 3.28. The number of carbonyl (C=O) groups excluding carboxylic acids is 1. The van der Waals surface area contributed by atoms with Gasteiger partial charge in [0, 0.05) is 18.2 Å². The summed E-state index contributed by atoms with van der Waals surface area (Å²) < 4.78 is 1.47. The number of benzene rings is 2. The number of oxime groups is 1. The highest BCUT2D eigenvalue weighted by molar-refractivity contribution is 6.18. The van der Waals surface area contributed by atoms with Crippen LogP contribution in [0.15, 0.2) is 84.0 Å². The Kier molecular flexibility index (Phi) is 6.63. The summed E-state index contributed by atoms with van der Waals surface area (Å²) >= 11 is 0. The summed E-state index contributed by atoms with van der Waals surface area (Å²) in [4.78, 5) is 35.0. The summed E-state index contributed by atoms with van der Waals surface area (Å²) in [7, 11) is 1.68. The van der Waals surface area contributed by atoms with Gasteiger partial charge in [-0.2, -0.15) is 4.90 Å². The van der Waals surface area contributed by atoms with Crippen LogP contribution >= 0.6 is 0 Å². The molecule has 170 valence electrons. The fourth-order valence-corrected chi connectivity index (χ4v) is 3.08. The highest BCUT2D eigenvalue weighted by atomic mass is 16.6. The first-order valence-electron chi connectivity index (χ1n) is 10.1. The van der Waals surface area contributed by atoms with Gasteiger partial charge in [0.1, 0.15) is 5.82 Å². The molecule has 1 N–H and O–H groups in total. The molecule has 0 aliphatic carbocycles. The third-order valence-corrected chi connectivity index (χ3v) is 4.68. The topological polar surface area (TPSA) is 136 Å². The van der Waals surface area contributed by atoms with E-state index in [1.165, 1.54) is 22.9 Å². The van der Waals surface area contributed by atoms with Crippen LogP contribution in [0.5, 0.6) is 0 Å². The quantitative estimate of drug-likeness (QED) is 0.330. The van der Waals surface area contributed by atoms with Gasteiger partial charge >= 0.3 is 6.09 Å². The van der Waals surface area contributed by atoms with Gasteiger partial charge in [0.2, 0.25) is 5.82 Å². The molecule has 34 heavy (non-hydrogen) atoms. The summed E-state index contributed by atoms with van der Waals surface area (Å²) in [6.45, 7) is -0.0809. The standard InChI is InChI=1S/C23H19N7O4/c1-29-21(25-27-28-29)20(16-9-4-2-5-10-16)26-34-15-18-13-8-14-19(24-18)30(23(32)33)22(31)17-11-6-3-7-12-17/h2-14H,15H2,1H3,(H,32,33)/b26-20-. The molecule has 2 amide bonds. The van der Waals surface area contributed by atoms with Gasteiger partial charge in [0.25, 0.3) is 5.91 Å². The molecule has 0 atom stereocenters. The van der Waals surface area contributed by atoms with Crippen molar-refractivity contribution in [2.45, 2.75) is 6.61 Å². The van der Waals surface area contributed by atoms with Crippen molar-refractivity contribution < 1.29 is 19.5 Å². The first-order valence-corrected chi connectivity index (χ1v) is 10.1. The van der Waals surface area contributed by atoms with Crippen LogP contribution in [0.4, 0.5) is 10.6 Å². The van der Waals surface area contributed by atoms with Gasteiger partial charge in [0.05, 0.1) is 5.69 Å². The normalized spacial score (nSPS) is 11.1. The van der Waals surface area contributed by atoms with Crippen molar-refractivity contribution in [2.75, 3.05) is 4.90 Å². The number of anilines is 1. The second-order valence-corrected chi connectivity index (χ2v) is 6.98. The molecule has 4 rings (SSSR count). The summed E-state index contributed by atoms with van der Waals surface area (Å²) in [6.07, 6.45) is -1.45. The van der Waals surface area contributed by atoms with Crippen LogP contribution < -0.4 is 4.90 Å².